The molecule has 1 amide bonds. The predicted octanol–water partition coefficient (Wildman–Crippen LogP) is 1.60. The van der Waals surface area contributed by atoms with Crippen molar-refractivity contribution in [1.29, 1.82) is 0 Å². The second kappa shape index (κ2) is 8.43. The molecule has 0 aliphatic carbocycles. The van der Waals surface area contributed by atoms with Gasteiger partial charge in [0.15, 0.2) is 0 Å². The third-order valence-corrected chi connectivity index (χ3v) is 6.42. The minimum atomic E-state index is -3.53. The number of carbonyl (C=O) groups is 1. The maximum Gasteiger partial charge on any atom is 0.251 e. The Kier molecular flexibility index (Phi) is 7.47. The Bertz CT molecular complexity index is 661. The molecule has 0 saturated carbocycles. The molecule has 6 nitrogen and oxygen atoms in total. The second-order valence-electron chi connectivity index (χ2n) is 5.43. The number of nitrogens with one attached hydrogen (secondary N) is 2. The smallest absolute Gasteiger partial charge is 0.251 e. The SMILES string of the molecule is CN(C)S(=O)(=O)c1ccc(C(=O)NC2CCNCC2)cc1Br.Cl. The number of hydrogen-bond donors (Lipinski definition) is 2. The lowest BCUT2D eigenvalue weighted by molar-refractivity contribution is 0.0929. The van der Waals surface area contributed by atoms with Crippen LogP contribution >= 0.6 is 28.3 Å². The summed E-state index contributed by atoms with van der Waals surface area (Å²) in [7, 11) is -0.587. The number of nitrogens with zero attached hydrogens (tertiary/aromatic N) is 1. The normalized spacial score (nSPS) is 16.0. The van der Waals surface area contributed by atoms with Crippen LogP contribution in [0.1, 0.15) is 23.2 Å². The molecule has 2 N–H and O–H groups in total. The van der Waals surface area contributed by atoms with E-state index in [1.165, 1.54) is 26.2 Å². The zero-order chi connectivity index (χ0) is 16.3. The maximum absolute atomic E-state index is 12.2. The van der Waals surface area contributed by atoms with Crippen molar-refractivity contribution < 1.29 is 13.2 Å². The second-order valence-corrected chi connectivity index (χ2v) is 8.40. The third-order valence-electron chi connectivity index (χ3n) is 3.63. The summed E-state index contributed by atoms with van der Waals surface area (Å²) in [5, 5.41) is 6.23. The summed E-state index contributed by atoms with van der Waals surface area (Å²) in [5.41, 5.74) is 0.447. The number of amides is 1. The van der Waals surface area contributed by atoms with Crippen LogP contribution in [0.3, 0.4) is 0 Å². The Labute approximate surface area is 151 Å². The highest BCUT2D eigenvalue weighted by Gasteiger charge is 2.22. The van der Waals surface area contributed by atoms with E-state index in [-0.39, 0.29) is 29.3 Å². The predicted molar refractivity (Wildman–Crippen MR) is 95.6 cm³/mol. The van der Waals surface area contributed by atoms with Crippen LogP contribution in [0.5, 0.6) is 0 Å². The van der Waals surface area contributed by atoms with Crippen LogP contribution in [0, 0.1) is 0 Å². The number of benzene rings is 1. The number of halogens is 2. The molecule has 1 saturated heterocycles. The largest absolute Gasteiger partial charge is 0.349 e. The van der Waals surface area contributed by atoms with Crippen LogP contribution in [-0.2, 0) is 10.0 Å². The molecule has 1 aromatic rings. The standard InChI is InChI=1S/C14H20BrN3O3S.ClH/c1-18(2)22(20,21)13-4-3-10(9-12(13)15)14(19)17-11-5-7-16-8-6-11;/h3-4,9,11,16H,5-8H2,1-2H3,(H,17,19);1H. The summed E-state index contributed by atoms with van der Waals surface area (Å²) in [6, 6.07) is 4.71. The fourth-order valence-electron chi connectivity index (χ4n) is 2.28. The van der Waals surface area contributed by atoms with Crippen molar-refractivity contribution in [2.24, 2.45) is 0 Å². The van der Waals surface area contributed by atoms with Crippen LogP contribution in [0.15, 0.2) is 27.6 Å². The molecule has 1 fully saturated rings. The Morgan fingerprint density at radius 2 is 1.91 bits per heavy atom. The molecule has 1 aromatic carbocycles. The molecule has 0 bridgehead atoms. The number of piperidine rings is 1. The molecule has 1 aliphatic heterocycles. The van der Waals surface area contributed by atoms with Crippen molar-refractivity contribution >= 4 is 44.3 Å². The third kappa shape index (κ3) is 4.90. The van der Waals surface area contributed by atoms with E-state index in [4.69, 9.17) is 0 Å². The van der Waals surface area contributed by atoms with Gasteiger partial charge in [0.05, 0.1) is 4.90 Å². The Hall–Kier alpha value is -0.670. The molecule has 9 heteroatoms. The van der Waals surface area contributed by atoms with E-state index in [0.717, 1.165) is 30.2 Å². The topological polar surface area (TPSA) is 78.5 Å². The van der Waals surface area contributed by atoms with Crippen LogP contribution in [0.2, 0.25) is 0 Å². The van der Waals surface area contributed by atoms with Crippen LogP contribution < -0.4 is 10.6 Å². The highest BCUT2D eigenvalue weighted by atomic mass is 79.9. The Morgan fingerprint density at radius 1 is 1.30 bits per heavy atom. The summed E-state index contributed by atoms with van der Waals surface area (Å²) >= 11 is 3.25. The van der Waals surface area contributed by atoms with Crippen molar-refractivity contribution in [3.8, 4) is 0 Å². The highest BCUT2D eigenvalue weighted by Crippen LogP contribution is 2.25. The minimum Gasteiger partial charge on any atom is -0.349 e. The average Bonchev–Trinajstić information content (AvgIpc) is 2.47. The molecular weight excluding hydrogens is 406 g/mol. The van der Waals surface area contributed by atoms with Gasteiger partial charge in [0.2, 0.25) is 10.0 Å². The van der Waals surface area contributed by atoms with Crippen molar-refractivity contribution in [1.82, 2.24) is 14.9 Å². The van der Waals surface area contributed by atoms with Crippen LogP contribution in [-0.4, -0.2) is 51.9 Å². The fourth-order valence-corrected chi connectivity index (χ4v) is 4.21. The van der Waals surface area contributed by atoms with Crippen LogP contribution in [0.25, 0.3) is 0 Å². The molecule has 1 aliphatic rings. The zero-order valence-electron chi connectivity index (χ0n) is 13.0. The van der Waals surface area contributed by atoms with Gasteiger partial charge in [0, 0.05) is 30.2 Å². The van der Waals surface area contributed by atoms with Gasteiger partial charge in [-0.25, -0.2) is 12.7 Å². The van der Waals surface area contributed by atoms with Crippen molar-refractivity contribution in [3.63, 3.8) is 0 Å². The van der Waals surface area contributed by atoms with E-state index in [1.54, 1.807) is 6.07 Å². The molecule has 0 spiro atoms. The van der Waals surface area contributed by atoms with Crippen LogP contribution in [0.4, 0.5) is 0 Å². The van der Waals surface area contributed by atoms with E-state index < -0.39 is 10.0 Å². The molecule has 23 heavy (non-hydrogen) atoms. The summed E-state index contributed by atoms with van der Waals surface area (Å²) in [4.78, 5) is 12.4. The first-order valence-corrected chi connectivity index (χ1v) is 9.29. The lowest BCUT2D eigenvalue weighted by Gasteiger charge is -2.23. The highest BCUT2D eigenvalue weighted by molar-refractivity contribution is 9.10. The Morgan fingerprint density at radius 3 is 2.43 bits per heavy atom. The fraction of sp³-hybridized carbons (Fsp3) is 0.500. The van der Waals surface area contributed by atoms with E-state index in [1.807, 2.05) is 0 Å². The number of hydrogen-bond acceptors (Lipinski definition) is 4. The number of carbonyl (C=O) groups excluding carboxylic acids is 1. The molecule has 0 radical (unpaired) electrons. The lowest BCUT2D eigenvalue weighted by atomic mass is 10.1. The Balaban J connectivity index is 0.00000264. The van der Waals surface area contributed by atoms with E-state index in [9.17, 15) is 13.2 Å². The van der Waals surface area contributed by atoms with Crippen molar-refractivity contribution in [2.75, 3.05) is 27.2 Å². The van der Waals surface area contributed by atoms with Gasteiger partial charge in [-0.3, -0.25) is 4.79 Å². The van der Waals surface area contributed by atoms with E-state index in [2.05, 4.69) is 26.6 Å². The first-order chi connectivity index (χ1) is 10.3. The molecule has 0 unspecified atom stereocenters. The quantitative estimate of drug-likeness (QED) is 0.766. The van der Waals surface area contributed by atoms with Gasteiger partial charge in [-0.1, -0.05) is 0 Å². The molecule has 0 aromatic heterocycles. The maximum atomic E-state index is 12.2. The molecule has 0 atom stereocenters. The zero-order valence-corrected chi connectivity index (χ0v) is 16.2. The summed E-state index contributed by atoms with van der Waals surface area (Å²) in [5.74, 6) is -0.179. The number of rotatable bonds is 4. The molecule has 1 heterocycles. The van der Waals surface area contributed by atoms with Gasteiger partial charge in [0.25, 0.3) is 5.91 Å². The van der Waals surface area contributed by atoms with Gasteiger partial charge in [0.1, 0.15) is 0 Å². The van der Waals surface area contributed by atoms with Gasteiger partial charge in [-0.05, 0) is 60.1 Å². The molecular formula is C14H21BrClN3O3S. The number of sulfonamides is 1. The van der Waals surface area contributed by atoms with Crippen molar-refractivity contribution in [2.45, 2.75) is 23.8 Å². The van der Waals surface area contributed by atoms with E-state index in [0.29, 0.717) is 10.0 Å². The summed E-state index contributed by atoms with van der Waals surface area (Å²) in [6.45, 7) is 1.79. The minimum absolute atomic E-state index is 0. The molecule has 2 rings (SSSR count). The monoisotopic (exact) mass is 425 g/mol. The van der Waals surface area contributed by atoms with Gasteiger partial charge in [-0.15, -0.1) is 12.4 Å². The van der Waals surface area contributed by atoms with Crippen molar-refractivity contribution in [3.05, 3.63) is 28.2 Å². The first kappa shape index (κ1) is 20.4. The molecule has 130 valence electrons. The van der Waals surface area contributed by atoms with Gasteiger partial charge >= 0.3 is 0 Å². The lowest BCUT2D eigenvalue weighted by Crippen LogP contribution is -2.42. The summed E-state index contributed by atoms with van der Waals surface area (Å²) < 4.78 is 25.8. The van der Waals surface area contributed by atoms with Gasteiger partial charge < -0.3 is 10.6 Å². The van der Waals surface area contributed by atoms with E-state index >= 15 is 0 Å². The average molecular weight is 427 g/mol. The summed E-state index contributed by atoms with van der Waals surface area (Å²) in [6.07, 6.45) is 1.81. The first-order valence-electron chi connectivity index (χ1n) is 7.06. The van der Waals surface area contributed by atoms with Gasteiger partial charge in [-0.2, -0.15) is 0 Å².